The van der Waals surface area contributed by atoms with Crippen LogP contribution in [0, 0.1) is 0 Å². The van der Waals surface area contributed by atoms with Crippen LogP contribution in [0.25, 0.3) is 0 Å². The van der Waals surface area contributed by atoms with Gasteiger partial charge in [-0.15, -0.1) is 0 Å². The molecule has 0 radical (unpaired) electrons. The first-order chi connectivity index (χ1) is 7.22. The Bertz CT molecular complexity index is 407. The second kappa shape index (κ2) is 4.26. The molecule has 80 valence electrons. The molecule has 0 aromatic carbocycles. The molecule has 0 amide bonds. The fourth-order valence-corrected chi connectivity index (χ4v) is 2.16. The lowest BCUT2D eigenvalue weighted by atomic mass is 10.2. The van der Waals surface area contributed by atoms with Crippen LogP contribution in [0.4, 0.5) is 0 Å². The van der Waals surface area contributed by atoms with Crippen molar-refractivity contribution in [2.24, 2.45) is 0 Å². The number of hydrogen-bond acceptors (Lipinski definition) is 4. The maximum atomic E-state index is 11.6. The first-order valence-corrected chi connectivity index (χ1v) is 5.74. The number of nitrogens with zero attached hydrogens (tertiary/aromatic N) is 2. The van der Waals surface area contributed by atoms with Gasteiger partial charge in [0, 0.05) is 11.3 Å². The zero-order valence-electron chi connectivity index (χ0n) is 8.42. The second-order valence-corrected chi connectivity index (χ2v) is 4.05. The van der Waals surface area contributed by atoms with Gasteiger partial charge in [-0.1, -0.05) is 0 Å². The molecule has 1 heterocycles. The quantitative estimate of drug-likeness (QED) is 0.609. The Morgan fingerprint density at radius 2 is 2.27 bits per heavy atom. The molecule has 1 aliphatic carbocycles. The summed E-state index contributed by atoms with van der Waals surface area (Å²) in [7, 11) is 0. The first-order valence-electron chi connectivity index (χ1n) is 4.94. The Balaban J connectivity index is 2.42. The van der Waals surface area contributed by atoms with Gasteiger partial charge in [-0.3, -0.25) is 0 Å². The van der Waals surface area contributed by atoms with E-state index in [0.717, 1.165) is 30.5 Å². The van der Waals surface area contributed by atoms with Crippen molar-refractivity contribution < 1.29 is 9.53 Å². The van der Waals surface area contributed by atoms with Gasteiger partial charge in [0.1, 0.15) is 0 Å². The number of carbonyl (C=O) groups is 1. The number of aryl methyl sites for hydroxylation is 1. The van der Waals surface area contributed by atoms with E-state index in [4.69, 9.17) is 4.74 Å². The maximum Gasteiger partial charge on any atom is 0.357 e. The Labute approximate surface area is 96.2 Å². The number of halogens is 1. The summed E-state index contributed by atoms with van der Waals surface area (Å²) in [5.74, 6) is -0.348. The van der Waals surface area contributed by atoms with Gasteiger partial charge in [0.05, 0.1) is 6.61 Å². The molecular formula is C10H11BrN2O2. The number of fused-ring (bicyclic) bond motifs is 1. The smallest absolute Gasteiger partial charge is 0.357 e. The van der Waals surface area contributed by atoms with Crippen LogP contribution in [-0.4, -0.2) is 22.5 Å². The molecule has 0 unspecified atom stereocenters. The summed E-state index contributed by atoms with van der Waals surface area (Å²) >= 11 is 3.21. The van der Waals surface area contributed by atoms with Crippen LogP contribution in [0.1, 0.15) is 35.1 Å². The van der Waals surface area contributed by atoms with Crippen molar-refractivity contribution in [1.82, 2.24) is 9.97 Å². The van der Waals surface area contributed by atoms with Crippen LogP contribution in [-0.2, 0) is 17.6 Å². The van der Waals surface area contributed by atoms with Crippen molar-refractivity contribution >= 4 is 21.9 Å². The average Bonchev–Trinajstić information content (AvgIpc) is 2.64. The number of aromatic nitrogens is 2. The molecule has 2 rings (SSSR count). The van der Waals surface area contributed by atoms with E-state index in [1.165, 1.54) is 0 Å². The van der Waals surface area contributed by atoms with E-state index in [1.54, 1.807) is 6.92 Å². The summed E-state index contributed by atoms with van der Waals surface area (Å²) in [6.45, 7) is 2.16. The third-order valence-electron chi connectivity index (χ3n) is 2.37. The van der Waals surface area contributed by atoms with Gasteiger partial charge in [0.15, 0.2) is 10.4 Å². The summed E-state index contributed by atoms with van der Waals surface area (Å²) < 4.78 is 5.42. The third kappa shape index (κ3) is 2.02. The Hall–Kier alpha value is -0.970. The topological polar surface area (TPSA) is 52.1 Å². The normalized spacial score (nSPS) is 13.7. The lowest BCUT2D eigenvalue weighted by molar-refractivity contribution is 0.0517. The molecule has 1 aromatic heterocycles. The first kappa shape index (κ1) is 10.5. The van der Waals surface area contributed by atoms with Gasteiger partial charge < -0.3 is 4.74 Å². The summed E-state index contributed by atoms with van der Waals surface area (Å²) in [5, 5.41) is 0. The molecule has 0 saturated heterocycles. The molecule has 0 saturated carbocycles. The predicted molar refractivity (Wildman–Crippen MR) is 57.7 cm³/mol. The minimum atomic E-state index is -0.348. The minimum absolute atomic E-state index is 0.348. The molecule has 0 fully saturated rings. The van der Waals surface area contributed by atoms with Gasteiger partial charge in [-0.2, -0.15) is 0 Å². The molecule has 1 aromatic rings. The highest BCUT2D eigenvalue weighted by Crippen LogP contribution is 2.24. The van der Waals surface area contributed by atoms with Crippen LogP contribution in [0.2, 0.25) is 0 Å². The lowest BCUT2D eigenvalue weighted by Gasteiger charge is -2.06. The molecular weight excluding hydrogens is 260 g/mol. The number of rotatable bonds is 2. The van der Waals surface area contributed by atoms with Crippen LogP contribution >= 0.6 is 15.9 Å². The van der Waals surface area contributed by atoms with Gasteiger partial charge in [-0.25, -0.2) is 14.8 Å². The number of esters is 1. The van der Waals surface area contributed by atoms with E-state index in [9.17, 15) is 4.79 Å². The molecule has 4 nitrogen and oxygen atoms in total. The summed E-state index contributed by atoms with van der Waals surface area (Å²) in [6, 6.07) is 0. The Kier molecular flexibility index (Phi) is 3.00. The average molecular weight is 271 g/mol. The van der Waals surface area contributed by atoms with Crippen molar-refractivity contribution in [2.75, 3.05) is 6.61 Å². The highest BCUT2D eigenvalue weighted by molar-refractivity contribution is 9.10. The van der Waals surface area contributed by atoms with E-state index >= 15 is 0 Å². The predicted octanol–water partition coefficient (Wildman–Crippen LogP) is 1.90. The van der Waals surface area contributed by atoms with E-state index in [2.05, 4.69) is 25.9 Å². The lowest BCUT2D eigenvalue weighted by Crippen LogP contribution is -2.12. The summed E-state index contributed by atoms with van der Waals surface area (Å²) in [4.78, 5) is 20.0. The molecule has 0 atom stereocenters. The maximum absolute atomic E-state index is 11.6. The number of ether oxygens (including phenoxy) is 1. The highest BCUT2D eigenvalue weighted by atomic mass is 79.9. The third-order valence-corrected chi connectivity index (χ3v) is 2.73. The molecule has 0 spiro atoms. The standard InChI is InChI=1S/C10H11BrN2O2/c1-2-15-9(14)8-6-4-3-5-7(6)12-10(11)13-8/h2-5H2,1H3. The fourth-order valence-electron chi connectivity index (χ4n) is 1.77. The van der Waals surface area contributed by atoms with Crippen molar-refractivity contribution in [3.63, 3.8) is 0 Å². The summed E-state index contributed by atoms with van der Waals surface area (Å²) in [5.41, 5.74) is 2.35. The zero-order chi connectivity index (χ0) is 10.8. The fraction of sp³-hybridized carbons (Fsp3) is 0.500. The molecule has 15 heavy (non-hydrogen) atoms. The zero-order valence-corrected chi connectivity index (χ0v) is 10.0. The van der Waals surface area contributed by atoms with Gasteiger partial charge in [0.2, 0.25) is 0 Å². The van der Waals surface area contributed by atoms with Crippen molar-refractivity contribution in [3.05, 3.63) is 21.7 Å². The van der Waals surface area contributed by atoms with Crippen LogP contribution in [0.3, 0.4) is 0 Å². The molecule has 5 heteroatoms. The monoisotopic (exact) mass is 270 g/mol. The Morgan fingerprint density at radius 3 is 3.00 bits per heavy atom. The van der Waals surface area contributed by atoms with E-state index in [1.807, 2.05) is 0 Å². The molecule has 1 aliphatic rings. The van der Waals surface area contributed by atoms with Crippen molar-refractivity contribution in [2.45, 2.75) is 26.2 Å². The number of carbonyl (C=O) groups excluding carboxylic acids is 1. The Morgan fingerprint density at radius 1 is 1.47 bits per heavy atom. The van der Waals surface area contributed by atoms with Crippen molar-refractivity contribution in [1.29, 1.82) is 0 Å². The second-order valence-electron chi connectivity index (χ2n) is 3.34. The van der Waals surface area contributed by atoms with E-state index in [-0.39, 0.29) is 5.97 Å². The molecule has 0 aliphatic heterocycles. The van der Waals surface area contributed by atoms with Crippen LogP contribution in [0.15, 0.2) is 4.73 Å². The number of hydrogen-bond donors (Lipinski definition) is 0. The van der Waals surface area contributed by atoms with Crippen LogP contribution in [0.5, 0.6) is 0 Å². The van der Waals surface area contributed by atoms with Gasteiger partial charge in [-0.05, 0) is 42.1 Å². The van der Waals surface area contributed by atoms with Crippen molar-refractivity contribution in [3.8, 4) is 0 Å². The van der Waals surface area contributed by atoms with Crippen LogP contribution < -0.4 is 0 Å². The van der Waals surface area contributed by atoms with E-state index < -0.39 is 0 Å². The highest BCUT2D eigenvalue weighted by Gasteiger charge is 2.23. The molecule has 0 N–H and O–H groups in total. The minimum Gasteiger partial charge on any atom is -0.461 e. The van der Waals surface area contributed by atoms with E-state index in [0.29, 0.717) is 17.0 Å². The SMILES string of the molecule is CCOC(=O)c1nc(Br)nc2c1CCC2. The molecule has 0 bridgehead atoms. The van der Waals surface area contributed by atoms with Gasteiger partial charge >= 0.3 is 5.97 Å². The van der Waals surface area contributed by atoms with Gasteiger partial charge in [0.25, 0.3) is 0 Å². The largest absolute Gasteiger partial charge is 0.461 e. The summed E-state index contributed by atoms with van der Waals surface area (Å²) in [6.07, 6.45) is 2.83.